The topological polar surface area (TPSA) is 56.8 Å². The van der Waals surface area contributed by atoms with Crippen LogP contribution in [0.25, 0.3) is 0 Å². The zero-order valence-electron chi connectivity index (χ0n) is 14.1. The Bertz CT molecular complexity index is 640. The Kier molecular flexibility index (Phi) is 7.11. The van der Waals surface area contributed by atoms with Crippen LogP contribution in [-0.2, 0) is 4.74 Å². The third-order valence-corrected chi connectivity index (χ3v) is 3.22. The Labute approximate surface area is 142 Å². The van der Waals surface area contributed by atoms with Gasteiger partial charge in [-0.1, -0.05) is 6.07 Å². The van der Waals surface area contributed by atoms with Gasteiger partial charge in [-0.05, 0) is 56.3 Å². The maximum atomic E-state index is 12.3. The predicted molar refractivity (Wildman–Crippen MR) is 94.0 cm³/mol. The summed E-state index contributed by atoms with van der Waals surface area (Å²) >= 11 is 0. The van der Waals surface area contributed by atoms with Crippen molar-refractivity contribution in [2.45, 2.75) is 13.8 Å². The van der Waals surface area contributed by atoms with Crippen LogP contribution < -0.4 is 14.8 Å². The van der Waals surface area contributed by atoms with Crippen LogP contribution in [0.3, 0.4) is 0 Å². The van der Waals surface area contributed by atoms with Gasteiger partial charge < -0.3 is 19.5 Å². The molecule has 0 aliphatic rings. The monoisotopic (exact) mass is 329 g/mol. The molecule has 0 atom stereocenters. The number of carbonyl (C=O) groups is 1. The highest BCUT2D eigenvalue weighted by atomic mass is 16.5. The van der Waals surface area contributed by atoms with E-state index in [2.05, 4.69) is 5.32 Å². The van der Waals surface area contributed by atoms with Crippen molar-refractivity contribution in [3.05, 3.63) is 54.1 Å². The molecule has 0 fully saturated rings. The fourth-order valence-electron chi connectivity index (χ4n) is 2.09. The van der Waals surface area contributed by atoms with Gasteiger partial charge in [-0.2, -0.15) is 0 Å². The van der Waals surface area contributed by atoms with Gasteiger partial charge in [0.1, 0.15) is 18.1 Å². The van der Waals surface area contributed by atoms with Gasteiger partial charge in [0.05, 0.1) is 13.2 Å². The van der Waals surface area contributed by atoms with Crippen molar-refractivity contribution >= 4 is 11.6 Å². The summed E-state index contributed by atoms with van der Waals surface area (Å²) in [6.45, 7) is 6.16. The van der Waals surface area contributed by atoms with E-state index in [1.165, 1.54) is 0 Å². The van der Waals surface area contributed by atoms with Crippen molar-refractivity contribution in [1.82, 2.24) is 0 Å². The molecule has 0 spiro atoms. The molecule has 2 aromatic rings. The summed E-state index contributed by atoms with van der Waals surface area (Å²) < 4.78 is 16.2. The SMILES string of the molecule is CCOCCOc1ccc(NC(=O)c2cccc(OCC)c2)cc1. The molecule has 0 unspecified atom stereocenters. The van der Waals surface area contributed by atoms with E-state index in [0.29, 0.717) is 43.4 Å². The number of anilines is 1. The molecule has 1 amide bonds. The minimum absolute atomic E-state index is 0.179. The quantitative estimate of drug-likeness (QED) is 0.712. The lowest BCUT2D eigenvalue weighted by Crippen LogP contribution is -2.12. The maximum absolute atomic E-state index is 12.3. The third-order valence-electron chi connectivity index (χ3n) is 3.22. The molecule has 1 N–H and O–H groups in total. The number of nitrogens with one attached hydrogen (secondary N) is 1. The van der Waals surface area contributed by atoms with Crippen LogP contribution >= 0.6 is 0 Å². The van der Waals surface area contributed by atoms with E-state index >= 15 is 0 Å². The Morgan fingerprint density at radius 2 is 1.71 bits per heavy atom. The van der Waals surface area contributed by atoms with Gasteiger partial charge in [0, 0.05) is 17.9 Å². The van der Waals surface area contributed by atoms with Crippen molar-refractivity contribution in [2.24, 2.45) is 0 Å². The zero-order valence-corrected chi connectivity index (χ0v) is 14.1. The van der Waals surface area contributed by atoms with Crippen molar-refractivity contribution in [1.29, 1.82) is 0 Å². The van der Waals surface area contributed by atoms with Crippen molar-refractivity contribution in [2.75, 3.05) is 31.7 Å². The molecule has 0 radical (unpaired) electrons. The molecule has 24 heavy (non-hydrogen) atoms. The molecule has 0 bridgehead atoms. The summed E-state index contributed by atoms with van der Waals surface area (Å²) in [4.78, 5) is 12.3. The normalized spacial score (nSPS) is 10.2. The fraction of sp³-hybridized carbons (Fsp3) is 0.316. The van der Waals surface area contributed by atoms with Gasteiger partial charge in [-0.15, -0.1) is 0 Å². The van der Waals surface area contributed by atoms with Crippen LogP contribution in [0, 0.1) is 0 Å². The number of amides is 1. The van der Waals surface area contributed by atoms with Gasteiger partial charge in [-0.3, -0.25) is 4.79 Å². The van der Waals surface area contributed by atoms with Gasteiger partial charge in [0.2, 0.25) is 0 Å². The lowest BCUT2D eigenvalue weighted by Gasteiger charge is -2.09. The molecule has 5 heteroatoms. The van der Waals surface area contributed by atoms with Crippen LogP contribution in [0.5, 0.6) is 11.5 Å². The number of carbonyl (C=O) groups excluding carboxylic acids is 1. The van der Waals surface area contributed by atoms with Crippen LogP contribution in [-0.4, -0.2) is 32.3 Å². The molecule has 0 heterocycles. The molecule has 5 nitrogen and oxygen atoms in total. The summed E-state index contributed by atoms with van der Waals surface area (Å²) in [6, 6.07) is 14.4. The summed E-state index contributed by atoms with van der Waals surface area (Å²) in [6.07, 6.45) is 0. The number of rotatable bonds is 9. The molecule has 0 aliphatic heterocycles. The second kappa shape index (κ2) is 9.57. The van der Waals surface area contributed by atoms with Crippen molar-refractivity contribution in [3.63, 3.8) is 0 Å². The maximum Gasteiger partial charge on any atom is 0.255 e. The van der Waals surface area contributed by atoms with Crippen LogP contribution in [0.1, 0.15) is 24.2 Å². The Morgan fingerprint density at radius 1 is 0.917 bits per heavy atom. The van der Waals surface area contributed by atoms with Gasteiger partial charge in [0.25, 0.3) is 5.91 Å². The molecule has 0 aromatic heterocycles. The standard InChI is InChI=1S/C19H23NO4/c1-3-22-12-13-24-17-10-8-16(9-11-17)20-19(21)15-6-5-7-18(14-15)23-4-2/h5-11,14H,3-4,12-13H2,1-2H3,(H,20,21). The first-order valence-corrected chi connectivity index (χ1v) is 8.07. The lowest BCUT2D eigenvalue weighted by atomic mass is 10.2. The van der Waals surface area contributed by atoms with E-state index in [1.54, 1.807) is 30.3 Å². The highest BCUT2D eigenvalue weighted by Gasteiger charge is 2.07. The number of ether oxygens (including phenoxy) is 3. The summed E-state index contributed by atoms with van der Waals surface area (Å²) in [5, 5.41) is 2.86. The van der Waals surface area contributed by atoms with E-state index < -0.39 is 0 Å². The molecule has 2 rings (SSSR count). The highest BCUT2D eigenvalue weighted by Crippen LogP contribution is 2.18. The average Bonchev–Trinajstić information content (AvgIpc) is 2.61. The Hall–Kier alpha value is -2.53. The van der Waals surface area contributed by atoms with Crippen molar-refractivity contribution in [3.8, 4) is 11.5 Å². The van der Waals surface area contributed by atoms with Crippen LogP contribution in [0.15, 0.2) is 48.5 Å². The molecular weight excluding hydrogens is 306 g/mol. The first-order chi connectivity index (χ1) is 11.7. The van der Waals surface area contributed by atoms with Gasteiger partial charge in [0.15, 0.2) is 0 Å². The molecule has 0 aliphatic carbocycles. The van der Waals surface area contributed by atoms with Crippen LogP contribution in [0.2, 0.25) is 0 Å². The van der Waals surface area contributed by atoms with Gasteiger partial charge >= 0.3 is 0 Å². The zero-order chi connectivity index (χ0) is 17.2. The van der Waals surface area contributed by atoms with Gasteiger partial charge in [-0.25, -0.2) is 0 Å². The lowest BCUT2D eigenvalue weighted by molar-refractivity contribution is 0.102. The molecule has 0 saturated carbocycles. The van der Waals surface area contributed by atoms with E-state index in [1.807, 2.05) is 32.0 Å². The highest BCUT2D eigenvalue weighted by molar-refractivity contribution is 6.04. The van der Waals surface area contributed by atoms with Crippen LogP contribution in [0.4, 0.5) is 5.69 Å². The average molecular weight is 329 g/mol. The summed E-state index contributed by atoms with van der Waals surface area (Å²) in [7, 11) is 0. The Balaban J connectivity index is 1.90. The van der Waals surface area contributed by atoms with E-state index in [9.17, 15) is 4.79 Å². The third kappa shape index (κ3) is 5.59. The smallest absolute Gasteiger partial charge is 0.255 e. The second-order valence-electron chi connectivity index (χ2n) is 4.98. The molecule has 2 aromatic carbocycles. The van der Waals surface area contributed by atoms with E-state index in [-0.39, 0.29) is 5.91 Å². The Morgan fingerprint density at radius 3 is 2.42 bits per heavy atom. The number of hydrogen-bond donors (Lipinski definition) is 1. The summed E-state index contributed by atoms with van der Waals surface area (Å²) in [5.41, 5.74) is 1.26. The number of benzene rings is 2. The number of hydrogen-bond acceptors (Lipinski definition) is 4. The summed E-state index contributed by atoms with van der Waals surface area (Å²) in [5.74, 6) is 1.25. The molecule has 128 valence electrons. The first-order valence-electron chi connectivity index (χ1n) is 8.07. The minimum atomic E-state index is -0.179. The minimum Gasteiger partial charge on any atom is -0.494 e. The predicted octanol–water partition coefficient (Wildman–Crippen LogP) is 3.75. The molecular formula is C19H23NO4. The van der Waals surface area contributed by atoms with E-state index in [0.717, 1.165) is 5.75 Å². The largest absolute Gasteiger partial charge is 0.494 e. The van der Waals surface area contributed by atoms with E-state index in [4.69, 9.17) is 14.2 Å². The fourth-order valence-corrected chi connectivity index (χ4v) is 2.09. The second-order valence-corrected chi connectivity index (χ2v) is 4.98. The first kappa shape index (κ1) is 17.8. The molecule has 0 saturated heterocycles. The van der Waals surface area contributed by atoms with Crippen molar-refractivity contribution < 1.29 is 19.0 Å².